The topological polar surface area (TPSA) is 58.9 Å². The van der Waals surface area contributed by atoms with E-state index in [-0.39, 0.29) is 0 Å². The number of allylic oxidation sites excluding steroid dienone is 1. The number of aromatic nitrogens is 1. The normalized spacial score (nSPS) is 12.4. The highest BCUT2D eigenvalue weighted by molar-refractivity contribution is 7.11. The van der Waals surface area contributed by atoms with E-state index in [2.05, 4.69) is 65.8 Å². The number of primary amides is 1. The quantitative estimate of drug-likeness (QED) is 0.379. The second kappa shape index (κ2) is 8.33. The van der Waals surface area contributed by atoms with Crippen LogP contribution in [0.15, 0.2) is 78.2 Å². The molecule has 29 heavy (non-hydrogen) atoms. The van der Waals surface area contributed by atoms with Gasteiger partial charge in [0.2, 0.25) is 5.91 Å². The van der Waals surface area contributed by atoms with Gasteiger partial charge in [-0.25, -0.2) is 0 Å². The lowest BCUT2D eigenvalue weighted by Gasteiger charge is -2.13. The number of nitrogens with one attached hydrogen (secondary N) is 1. The van der Waals surface area contributed by atoms with Crippen molar-refractivity contribution in [1.82, 2.24) is 4.98 Å². The maximum atomic E-state index is 11.0. The van der Waals surface area contributed by atoms with Crippen LogP contribution in [-0.2, 0) is 4.79 Å². The van der Waals surface area contributed by atoms with E-state index in [9.17, 15) is 4.79 Å². The first-order valence-corrected chi connectivity index (χ1v) is 10.5. The highest BCUT2D eigenvalue weighted by Crippen LogP contribution is 2.37. The van der Waals surface area contributed by atoms with E-state index in [4.69, 9.17) is 5.73 Å². The van der Waals surface area contributed by atoms with Gasteiger partial charge in [0.25, 0.3) is 0 Å². The minimum atomic E-state index is -0.446. The maximum Gasteiger partial charge on any atom is 0.241 e. The van der Waals surface area contributed by atoms with E-state index in [1.165, 1.54) is 27.5 Å². The van der Waals surface area contributed by atoms with Crippen molar-refractivity contribution in [2.75, 3.05) is 0 Å². The predicted octanol–water partition coefficient (Wildman–Crippen LogP) is 6.10. The average molecular weight is 399 g/mol. The van der Waals surface area contributed by atoms with Gasteiger partial charge in [0.15, 0.2) is 0 Å². The molecule has 144 valence electrons. The van der Waals surface area contributed by atoms with Crippen molar-refractivity contribution < 1.29 is 4.79 Å². The summed E-state index contributed by atoms with van der Waals surface area (Å²) in [6.45, 7) is 2.20. The van der Waals surface area contributed by atoms with Crippen molar-refractivity contribution in [3.8, 4) is 0 Å². The number of hydrogen-bond donors (Lipinski definition) is 2. The number of amides is 1. The molecule has 4 heteroatoms. The Morgan fingerprint density at radius 3 is 2.52 bits per heavy atom. The first-order valence-electron chi connectivity index (χ1n) is 9.59. The number of thiophene rings is 1. The Labute approximate surface area is 174 Å². The summed E-state index contributed by atoms with van der Waals surface area (Å²) < 4.78 is 0. The Balaban J connectivity index is 1.88. The molecule has 0 aliphatic rings. The third kappa shape index (κ3) is 4.08. The second-order valence-corrected chi connectivity index (χ2v) is 7.76. The van der Waals surface area contributed by atoms with Crippen LogP contribution in [-0.4, -0.2) is 10.9 Å². The zero-order valence-corrected chi connectivity index (χ0v) is 17.0. The molecule has 0 spiro atoms. The van der Waals surface area contributed by atoms with Crippen LogP contribution in [0.25, 0.3) is 28.1 Å². The number of para-hydroxylation sites is 1. The zero-order valence-electron chi connectivity index (χ0n) is 16.2. The molecule has 2 aromatic carbocycles. The number of benzene rings is 2. The van der Waals surface area contributed by atoms with Crippen LogP contribution in [0.5, 0.6) is 0 Å². The maximum absolute atomic E-state index is 11.0. The number of fused-ring (bicyclic) bond motifs is 1. The second-order valence-electron chi connectivity index (χ2n) is 6.81. The third-order valence-electron chi connectivity index (χ3n) is 4.91. The van der Waals surface area contributed by atoms with Gasteiger partial charge in [-0.2, -0.15) is 0 Å². The summed E-state index contributed by atoms with van der Waals surface area (Å²) in [5.74, 6) is -0.446. The molecule has 4 rings (SSSR count). The fourth-order valence-electron chi connectivity index (χ4n) is 3.56. The number of nitrogens with two attached hydrogens (primary N) is 1. The van der Waals surface area contributed by atoms with Gasteiger partial charge in [-0.1, -0.05) is 55.5 Å². The number of H-pyrrole nitrogens is 1. The number of carbonyl (C=O) groups is 1. The molecule has 0 radical (unpaired) electrons. The lowest BCUT2D eigenvalue weighted by molar-refractivity contribution is -0.113. The number of hydrogen-bond acceptors (Lipinski definition) is 2. The lowest BCUT2D eigenvalue weighted by Crippen LogP contribution is -2.05. The summed E-state index contributed by atoms with van der Waals surface area (Å²) in [6, 6.07) is 23.1. The van der Waals surface area contributed by atoms with Gasteiger partial charge < -0.3 is 10.7 Å². The van der Waals surface area contributed by atoms with Gasteiger partial charge in [-0.3, -0.25) is 4.79 Å². The van der Waals surface area contributed by atoms with E-state index in [1.807, 2.05) is 18.2 Å². The number of carbonyl (C=O) groups excluding carboxylic acids is 1. The van der Waals surface area contributed by atoms with Gasteiger partial charge in [-0.05, 0) is 52.8 Å². The largest absolute Gasteiger partial charge is 0.366 e. The van der Waals surface area contributed by atoms with Crippen molar-refractivity contribution in [2.45, 2.75) is 13.3 Å². The number of aromatic amines is 1. The van der Waals surface area contributed by atoms with Crippen LogP contribution in [0.1, 0.15) is 35.0 Å². The highest BCUT2D eigenvalue weighted by atomic mass is 32.1. The highest BCUT2D eigenvalue weighted by Gasteiger charge is 2.15. The summed E-state index contributed by atoms with van der Waals surface area (Å²) in [5.41, 5.74) is 12.0. The minimum Gasteiger partial charge on any atom is -0.366 e. The van der Waals surface area contributed by atoms with Crippen LogP contribution < -0.4 is 5.73 Å². The van der Waals surface area contributed by atoms with Crippen LogP contribution in [0.4, 0.5) is 0 Å². The third-order valence-corrected chi connectivity index (χ3v) is 5.84. The predicted molar refractivity (Wildman–Crippen MR) is 123 cm³/mol. The molecule has 1 amide bonds. The molecule has 0 aliphatic carbocycles. The molecule has 3 nitrogen and oxygen atoms in total. The van der Waals surface area contributed by atoms with Crippen LogP contribution >= 0.6 is 11.3 Å². The molecular weight excluding hydrogens is 376 g/mol. The molecule has 0 saturated carbocycles. The molecule has 0 unspecified atom stereocenters. The summed E-state index contributed by atoms with van der Waals surface area (Å²) in [4.78, 5) is 15.9. The summed E-state index contributed by atoms with van der Waals surface area (Å²) >= 11 is 1.76. The van der Waals surface area contributed by atoms with Gasteiger partial charge in [0.1, 0.15) is 0 Å². The van der Waals surface area contributed by atoms with E-state index < -0.39 is 5.91 Å². The molecule has 0 fully saturated rings. The Kier molecular flexibility index (Phi) is 5.45. The van der Waals surface area contributed by atoms with Gasteiger partial charge in [0, 0.05) is 33.1 Å². The first-order chi connectivity index (χ1) is 14.2. The molecule has 2 heterocycles. The molecule has 2 aromatic heterocycles. The molecule has 0 atom stereocenters. The van der Waals surface area contributed by atoms with Crippen molar-refractivity contribution in [1.29, 1.82) is 0 Å². The number of rotatable bonds is 6. The smallest absolute Gasteiger partial charge is 0.241 e. The molecule has 4 aromatic rings. The van der Waals surface area contributed by atoms with Gasteiger partial charge in [0.05, 0.1) is 0 Å². The van der Waals surface area contributed by atoms with E-state index in [1.54, 1.807) is 17.4 Å². The molecule has 0 saturated heterocycles. The van der Waals surface area contributed by atoms with E-state index >= 15 is 0 Å². The molecular formula is C25H22N2OS. The van der Waals surface area contributed by atoms with E-state index in [0.29, 0.717) is 0 Å². The Bertz CT molecular complexity index is 1160. The fraction of sp³-hybridized carbons (Fsp3) is 0.0800. The van der Waals surface area contributed by atoms with Gasteiger partial charge in [-0.15, -0.1) is 11.3 Å². The van der Waals surface area contributed by atoms with Crippen molar-refractivity contribution >= 4 is 45.4 Å². The van der Waals surface area contributed by atoms with Crippen LogP contribution in [0, 0.1) is 0 Å². The van der Waals surface area contributed by atoms with Crippen molar-refractivity contribution in [3.63, 3.8) is 0 Å². The standard InChI is InChI=1S/C25H22N2OS/c1-2-20(23-8-5-15-29-23)25(22-16-19-6-3-4-7-21(19)27-22)18-12-9-17(10-13-18)11-14-24(26)28/h3-16,27H,2H2,1H3,(H2,26,28)/b14-11+,25-20+. The fourth-order valence-corrected chi connectivity index (χ4v) is 4.41. The summed E-state index contributed by atoms with van der Waals surface area (Å²) in [7, 11) is 0. The Morgan fingerprint density at radius 1 is 1.07 bits per heavy atom. The SMILES string of the molecule is CC/C(=C(/c1ccc(/C=C/C(N)=O)cc1)c1cc2ccccc2[nH]1)c1cccs1. The minimum absolute atomic E-state index is 0.446. The Hall–Kier alpha value is -3.37. The van der Waals surface area contributed by atoms with Gasteiger partial charge >= 0.3 is 0 Å². The lowest BCUT2D eigenvalue weighted by atomic mass is 9.93. The van der Waals surface area contributed by atoms with Crippen molar-refractivity contribution in [2.24, 2.45) is 5.73 Å². The molecule has 0 aliphatic heterocycles. The van der Waals surface area contributed by atoms with Crippen LogP contribution in [0.2, 0.25) is 0 Å². The van der Waals surface area contributed by atoms with Crippen LogP contribution in [0.3, 0.4) is 0 Å². The summed E-state index contributed by atoms with van der Waals surface area (Å²) in [6.07, 6.45) is 4.04. The van der Waals surface area contributed by atoms with Crippen molar-refractivity contribution in [3.05, 3.63) is 99.9 Å². The van der Waals surface area contributed by atoms with E-state index in [0.717, 1.165) is 28.8 Å². The summed E-state index contributed by atoms with van der Waals surface area (Å²) in [5, 5.41) is 3.31. The Morgan fingerprint density at radius 2 is 1.86 bits per heavy atom. The average Bonchev–Trinajstić information content (AvgIpc) is 3.40. The zero-order chi connectivity index (χ0) is 20.2. The molecule has 0 bridgehead atoms. The molecule has 3 N–H and O–H groups in total. The first kappa shape index (κ1) is 19.0. The monoisotopic (exact) mass is 398 g/mol.